The Morgan fingerprint density at radius 3 is 2.50 bits per heavy atom. The lowest BCUT2D eigenvalue weighted by Gasteiger charge is -2.34. The van der Waals surface area contributed by atoms with Gasteiger partial charge >= 0.3 is 11.9 Å². The fourth-order valence-electron chi connectivity index (χ4n) is 4.09. The maximum absolute atomic E-state index is 12.4. The highest BCUT2D eigenvalue weighted by atomic mass is 16.7. The molecule has 24 heavy (non-hydrogen) atoms. The molecule has 2 unspecified atom stereocenters. The van der Waals surface area contributed by atoms with Crippen LogP contribution in [0.3, 0.4) is 0 Å². The molecule has 2 aliphatic carbocycles. The number of hydrogen-bond donors (Lipinski definition) is 0. The van der Waals surface area contributed by atoms with Crippen LogP contribution in [0.5, 0.6) is 5.75 Å². The minimum Gasteiger partial charge on any atom is -0.426 e. The van der Waals surface area contributed by atoms with Crippen molar-refractivity contribution >= 4 is 17.7 Å². The van der Waals surface area contributed by atoms with Crippen LogP contribution < -0.4 is 4.74 Å². The highest BCUT2D eigenvalue weighted by Crippen LogP contribution is 2.64. The molecular weight excluding hydrogens is 306 g/mol. The molecule has 1 aromatic rings. The molecular formula is C19H23NO4. The molecule has 5 nitrogen and oxygen atoms in total. The Balaban J connectivity index is 1.79. The van der Waals surface area contributed by atoms with Gasteiger partial charge in [0.1, 0.15) is 11.3 Å². The molecule has 0 spiro atoms. The first-order chi connectivity index (χ1) is 11.3. The Kier molecular flexibility index (Phi) is 3.98. The Morgan fingerprint density at radius 2 is 1.92 bits per heavy atom. The molecule has 0 aromatic heterocycles. The number of oxime groups is 1. The quantitative estimate of drug-likeness (QED) is 0.364. The summed E-state index contributed by atoms with van der Waals surface area (Å²) >= 11 is 0. The van der Waals surface area contributed by atoms with Crippen LogP contribution in [0.15, 0.2) is 29.4 Å². The molecule has 0 heterocycles. The third-order valence-electron chi connectivity index (χ3n) is 6.11. The average Bonchev–Trinajstić information content (AvgIpc) is 2.85. The number of benzene rings is 1. The predicted molar refractivity (Wildman–Crippen MR) is 89.8 cm³/mol. The van der Waals surface area contributed by atoms with Crippen LogP contribution in [0, 0.1) is 16.7 Å². The lowest BCUT2D eigenvalue weighted by molar-refractivity contribution is -0.131. The molecule has 0 N–H and O–H groups in total. The zero-order valence-electron chi connectivity index (χ0n) is 14.6. The van der Waals surface area contributed by atoms with Gasteiger partial charge in [-0.1, -0.05) is 38.1 Å². The highest BCUT2D eigenvalue weighted by molar-refractivity contribution is 5.96. The van der Waals surface area contributed by atoms with Crippen LogP contribution in [0.1, 0.15) is 57.3 Å². The highest BCUT2D eigenvalue weighted by Gasteiger charge is 2.60. The molecule has 0 amide bonds. The van der Waals surface area contributed by atoms with Gasteiger partial charge in [0.05, 0.1) is 5.71 Å². The summed E-state index contributed by atoms with van der Waals surface area (Å²) in [6, 6.07) is 6.51. The Bertz CT molecular complexity index is 722. The van der Waals surface area contributed by atoms with E-state index in [0.717, 1.165) is 18.6 Å². The second-order valence-corrected chi connectivity index (χ2v) is 7.50. The number of fused-ring (bicyclic) bond motifs is 2. The Hall–Kier alpha value is -2.17. The summed E-state index contributed by atoms with van der Waals surface area (Å²) in [5.41, 5.74) is 1.31. The van der Waals surface area contributed by atoms with E-state index in [4.69, 9.17) is 9.57 Å². The number of nitrogens with zero attached hydrogens (tertiary/aromatic N) is 1. The average molecular weight is 329 g/mol. The van der Waals surface area contributed by atoms with Crippen molar-refractivity contribution in [3.8, 4) is 5.75 Å². The Morgan fingerprint density at radius 1 is 1.21 bits per heavy atom. The lowest BCUT2D eigenvalue weighted by atomic mass is 9.70. The first kappa shape index (κ1) is 16.7. The summed E-state index contributed by atoms with van der Waals surface area (Å²) in [5, 5.41) is 4.20. The third-order valence-corrected chi connectivity index (χ3v) is 6.11. The minimum atomic E-state index is -0.608. The number of carbonyl (C=O) groups excluding carboxylic acids is 2. The molecule has 2 aliphatic rings. The van der Waals surface area contributed by atoms with Crippen molar-refractivity contribution < 1.29 is 19.2 Å². The van der Waals surface area contributed by atoms with Crippen molar-refractivity contribution in [2.75, 3.05) is 0 Å². The smallest absolute Gasteiger partial charge is 0.369 e. The molecule has 2 bridgehead atoms. The summed E-state index contributed by atoms with van der Waals surface area (Å²) in [4.78, 5) is 28.7. The monoisotopic (exact) mass is 329 g/mol. The molecule has 1 aromatic carbocycles. The van der Waals surface area contributed by atoms with Crippen molar-refractivity contribution in [2.45, 2.75) is 47.0 Å². The van der Waals surface area contributed by atoms with Gasteiger partial charge < -0.3 is 9.57 Å². The normalized spacial score (nSPS) is 28.8. The van der Waals surface area contributed by atoms with Crippen LogP contribution in [0.2, 0.25) is 0 Å². The van der Waals surface area contributed by atoms with Crippen molar-refractivity contribution in [1.29, 1.82) is 0 Å². The van der Waals surface area contributed by atoms with Crippen molar-refractivity contribution in [3.63, 3.8) is 0 Å². The van der Waals surface area contributed by atoms with E-state index in [1.54, 1.807) is 24.3 Å². The van der Waals surface area contributed by atoms with Crippen LogP contribution in [-0.4, -0.2) is 17.7 Å². The van der Waals surface area contributed by atoms with Gasteiger partial charge in [0.2, 0.25) is 0 Å². The van der Waals surface area contributed by atoms with Gasteiger partial charge in [-0.05, 0) is 42.7 Å². The first-order valence-electron chi connectivity index (χ1n) is 8.32. The third kappa shape index (κ3) is 2.52. The number of esters is 1. The number of ether oxygens (including phenoxy) is 1. The van der Waals surface area contributed by atoms with Crippen molar-refractivity contribution in [2.24, 2.45) is 21.9 Å². The van der Waals surface area contributed by atoms with Crippen LogP contribution in [0.25, 0.3) is 0 Å². The van der Waals surface area contributed by atoms with Gasteiger partial charge in [-0.25, -0.2) is 4.79 Å². The van der Waals surface area contributed by atoms with E-state index in [-0.39, 0.29) is 22.1 Å². The summed E-state index contributed by atoms with van der Waals surface area (Å²) in [5.74, 6) is -0.310. The van der Waals surface area contributed by atoms with E-state index < -0.39 is 11.9 Å². The summed E-state index contributed by atoms with van der Waals surface area (Å²) in [7, 11) is 0. The van der Waals surface area contributed by atoms with E-state index in [9.17, 15) is 9.59 Å². The maximum atomic E-state index is 12.4. The molecule has 2 atom stereocenters. The number of hydrogen-bond acceptors (Lipinski definition) is 5. The maximum Gasteiger partial charge on any atom is 0.369 e. The van der Waals surface area contributed by atoms with Gasteiger partial charge in [-0.15, -0.1) is 0 Å². The van der Waals surface area contributed by atoms with Crippen LogP contribution in [0.4, 0.5) is 0 Å². The first-order valence-corrected chi connectivity index (χ1v) is 8.32. The molecule has 0 saturated heterocycles. The van der Waals surface area contributed by atoms with Gasteiger partial charge in [-0.2, -0.15) is 0 Å². The zero-order valence-corrected chi connectivity index (χ0v) is 14.6. The summed E-state index contributed by atoms with van der Waals surface area (Å²) < 4.78 is 5.05. The number of para-hydroxylation sites is 1. The van der Waals surface area contributed by atoms with Gasteiger partial charge in [0.25, 0.3) is 0 Å². The van der Waals surface area contributed by atoms with E-state index in [2.05, 4.69) is 25.9 Å². The zero-order chi connectivity index (χ0) is 17.5. The Labute approximate surface area is 142 Å². The van der Waals surface area contributed by atoms with E-state index in [0.29, 0.717) is 5.92 Å². The van der Waals surface area contributed by atoms with E-state index in [1.807, 2.05) is 0 Å². The standard InChI is InChI=1S/C19H23NO4/c1-12(21)23-15-8-6-5-7-14(15)17(22)24-20-16-11-13-9-10-19(16,4)18(13,2)3/h5-8,13H,9-11H2,1-4H3. The molecule has 0 aliphatic heterocycles. The summed E-state index contributed by atoms with van der Waals surface area (Å²) in [6.45, 7) is 8.04. The van der Waals surface area contributed by atoms with Crippen molar-refractivity contribution in [1.82, 2.24) is 0 Å². The van der Waals surface area contributed by atoms with Crippen molar-refractivity contribution in [3.05, 3.63) is 29.8 Å². The fraction of sp³-hybridized carbons (Fsp3) is 0.526. The summed E-state index contributed by atoms with van der Waals surface area (Å²) in [6.07, 6.45) is 3.15. The number of carbonyl (C=O) groups is 2. The SMILES string of the molecule is CC(=O)Oc1ccccc1C(=O)ON=C1CC2CCC1(C)C2(C)C. The fourth-order valence-corrected chi connectivity index (χ4v) is 4.09. The second-order valence-electron chi connectivity index (χ2n) is 7.50. The predicted octanol–water partition coefficient (Wildman–Crippen LogP) is 3.97. The second kappa shape index (κ2) is 5.72. The molecule has 5 heteroatoms. The molecule has 0 radical (unpaired) electrons. The van der Waals surface area contributed by atoms with Gasteiger partial charge in [0, 0.05) is 12.3 Å². The number of rotatable bonds is 3. The van der Waals surface area contributed by atoms with E-state index in [1.165, 1.54) is 13.3 Å². The lowest BCUT2D eigenvalue weighted by Crippen LogP contribution is -2.32. The largest absolute Gasteiger partial charge is 0.426 e. The topological polar surface area (TPSA) is 65.0 Å². The van der Waals surface area contributed by atoms with Crippen LogP contribution in [-0.2, 0) is 9.63 Å². The molecule has 128 valence electrons. The molecule has 2 fully saturated rings. The van der Waals surface area contributed by atoms with Gasteiger partial charge in [0.15, 0.2) is 0 Å². The molecule has 2 saturated carbocycles. The van der Waals surface area contributed by atoms with Crippen LogP contribution >= 0.6 is 0 Å². The van der Waals surface area contributed by atoms with E-state index >= 15 is 0 Å². The van der Waals surface area contributed by atoms with Gasteiger partial charge in [-0.3, -0.25) is 4.79 Å². The molecule has 3 rings (SSSR count). The minimum absolute atomic E-state index is 0.0205.